The molecule has 0 aliphatic rings. The zero-order valence-electron chi connectivity index (χ0n) is 8.24. The van der Waals surface area contributed by atoms with Crippen molar-refractivity contribution in [3.8, 4) is 0 Å². The fourth-order valence-corrected chi connectivity index (χ4v) is 1.81. The molecule has 4 heteroatoms. The van der Waals surface area contributed by atoms with E-state index in [0.717, 1.165) is 3.57 Å². The van der Waals surface area contributed by atoms with Gasteiger partial charge in [-0.3, -0.25) is 0 Å². The molecule has 1 unspecified atom stereocenters. The second kappa shape index (κ2) is 5.27. The molecule has 0 fully saturated rings. The number of carbonyl (C=O) groups excluding carboxylic acids is 1. The molecule has 0 bridgehead atoms. The molecule has 1 atom stereocenters. The fourth-order valence-electron chi connectivity index (χ4n) is 1.13. The summed E-state index contributed by atoms with van der Waals surface area (Å²) in [4.78, 5) is 11.2. The number of aliphatic hydroxyl groups is 1. The minimum Gasteiger partial charge on any atom is -0.466 e. The molecule has 80 valence electrons. The van der Waals surface area contributed by atoms with Crippen molar-refractivity contribution in [3.05, 3.63) is 45.6 Å². The van der Waals surface area contributed by atoms with Crippen molar-refractivity contribution in [3.63, 3.8) is 0 Å². The number of halogens is 1. The van der Waals surface area contributed by atoms with Crippen molar-refractivity contribution >= 4 is 28.6 Å². The molecule has 0 saturated heterocycles. The maximum atomic E-state index is 11.2. The van der Waals surface area contributed by atoms with Crippen molar-refractivity contribution in [2.24, 2.45) is 0 Å². The molecule has 0 heterocycles. The highest BCUT2D eigenvalue weighted by Crippen LogP contribution is 2.25. The van der Waals surface area contributed by atoms with Crippen LogP contribution in [0.15, 0.2) is 36.4 Å². The average molecular weight is 318 g/mol. The Morgan fingerprint density at radius 2 is 2.13 bits per heavy atom. The first-order valence-electron chi connectivity index (χ1n) is 4.27. The normalized spacial score (nSPS) is 11.9. The number of ether oxygens (including phenoxy) is 1. The molecule has 1 aromatic carbocycles. The third-order valence-corrected chi connectivity index (χ3v) is 2.96. The van der Waals surface area contributed by atoms with E-state index in [9.17, 15) is 9.90 Å². The number of rotatable bonds is 3. The van der Waals surface area contributed by atoms with Crippen LogP contribution >= 0.6 is 22.6 Å². The summed E-state index contributed by atoms with van der Waals surface area (Å²) in [6.45, 7) is 3.51. The molecule has 1 rings (SSSR count). The lowest BCUT2D eigenvalue weighted by Gasteiger charge is -2.13. The summed E-state index contributed by atoms with van der Waals surface area (Å²) >= 11 is 2.09. The molecule has 0 radical (unpaired) electrons. The molecule has 3 nitrogen and oxygen atoms in total. The summed E-state index contributed by atoms with van der Waals surface area (Å²) in [6, 6.07) is 7.26. The van der Waals surface area contributed by atoms with Crippen LogP contribution in [0.3, 0.4) is 0 Å². The number of methoxy groups -OCH3 is 1. The van der Waals surface area contributed by atoms with E-state index in [1.165, 1.54) is 7.11 Å². The van der Waals surface area contributed by atoms with Crippen LogP contribution in [0.5, 0.6) is 0 Å². The zero-order valence-corrected chi connectivity index (χ0v) is 10.4. The fraction of sp³-hybridized carbons (Fsp3) is 0.182. The Morgan fingerprint density at radius 1 is 1.53 bits per heavy atom. The van der Waals surface area contributed by atoms with Crippen molar-refractivity contribution < 1.29 is 14.6 Å². The third kappa shape index (κ3) is 2.79. The SMILES string of the molecule is C=C(C(=O)OC)C(O)c1ccccc1I. The second-order valence-corrected chi connectivity index (χ2v) is 4.10. The first-order chi connectivity index (χ1) is 7.07. The molecule has 0 saturated carbocycles. The summed E-state index contributed by atoms with van der Waals surface area (Å²) < 4.78 is 5.38. The van der Waals surface area contributed by atoms with Gasteiger partial charge in [0.2, 0.25) is 0 Å². The van der Waals surface area contributed by atoms with Crippen LogP contribution in [0.2, 0.25) is 0 Å². The van der Waals surface area contributed by atoms with Gasteiger partial charge in [-0.25, -0.2) is 4.79 Å². The van der Waals surface area contributed by atoms with Gasteiger partial charge < -0.3 is 9.84 Å². The number of hydrogen-bond acceptors (Lipinski definition) is 3. The van der Waals surface area contributed by atoms with E-state index < -0.39 is 12.1 Å². The van der Waals surface area contributed by atoms with Crippen LogP contribution in [0.25, 0.3) is 0 Å². The van der Waals surface area contributed by atoms with Gasteiger partial charge in [0.05, 0.1) is 12.7 Å². The molecule has 0 spiro atoms. The molecular formula is C11H11IO3. The number of aliphatic hydroxyl groups excluding tert-OH is 1. The molecule has 1 N–H and O–H groups in total. The van der Waals surface area contributed by atoms with Gasteiger partial charge in [-0.2, -0.15) is 0 Å². The van der Waals surface area contributed by atoms with Gasteiger partial charge in [0, 0.05) is 3.57 Å². The molecular weight excluding hydrogens is 307 g/mol. The average Bonchev–Trinajstić information content (AvgIpc) is 2.26. The Balaban J connectivity index is 2.95. The first-order valence-corrected chi connectivity index (χ1v) is 5.35. The van der Waals surface area contributed by atoms with Crippen LogP contribution in [0.4, 0.5) is 0 Å². The van der Waals surface area contributed by atoms with Crippen LogP contribution in [0.1, 0.15) is 11.7 Å². The Morgan fingerprint density at radius 3 is 2.67 bits per heavy atom. The van der Waals surface area contributed by atoms with Crippen LogP contribution in [-0.2, 0) is 9.53 Å². The molecule has 0 aliphatic carbocycles. The van der Waals surface area contributed by atoms with Crippen molar-refractivity contribution in [2.75, 3.05) is 7.11 Å². The Hall–Kier alpha value is -0.880. The quantitative estimate of drug-likeness (QED) is 0.527. The first kappa shape index (κ1) is 12.2. The van der Waals surface area contributed by atoms with Gasteiger partial charge >= 0.3 is 5.97 Å². The zero-order chi connectivity index (χ0) is 11.4. The third-order valence-electron chi connectivity index (χ3n) is 1.98. The van der Waals surface area contributed by atoms with Gasteiger partial charge in [-0.05, 0) is 34.2 Å². The predicted molar refractivity (Wildman–Crippen MR) is 65.3 cm³/mol. The van der Waals surface area contributed by atoms with Crippen LogP contribution < -0.4 is 0 Å². The van der Waals surface area contributed by atoms with E-state index >= 15 is 0 Å². The smallest absolute Gasteiger partial charge is 0.336 e. The lowest BCUT2D eigenvalue weighted by molar-refractivity contribution is -0.137. The van der Waals surface area contributed by atoms with Gasteiger partial charge in [-0.15, -0.1) is 0 Å². The predicted octanol–water partition coefficient (Wildman–Crippen LogP) is 2.05. The van der Waals surface area contributed by atoms with E-state index in [1.54, 1.807) is 12.1 Å². The minimum atomic E-state index is -1.01. The van der Waals surface area contributed by atoms with Crippen molar-refractivity contribution in [1.29, 1.82) is 0 Å². The standard InChI is InChI=1S/C11H11IO3/c1-7(11(14)15-2)10(13)8-5-3-4-6-9(8)12/h3-6,10,13H,1H2,2H3. The summed E-state index contributed by atoms with van der Waals surface area (Å²) in [7, 11) is 1.26. The van der Waals surface area contributed by atoms with Gasteiger partial charge in [0.1, 0.15) is 6.10 Å². The topological polar surface area (TPSA) is 46.5 Å². The summed E-state index contributed by atoms with van der Waals surface area (Å²) in [5.41, 5.74) is 0.704. The Bertz CT molecular complexity index is 387. The highest BCUT2D eigenvalue weighted by atomic mass is 127. The highest BCUT2D eigenvalue weighted by Gasteiger charge is 2.20. The second-order valence-electron chi connectivity index (χ2n) is 2.94. The Labute approximate surface area is 102 Å². The molecule has 0 aromatic heterocycles. The van der Waals surface area contributed by atoms with Crippen LogP contribution in [0, 0.1) is 3.57 Å². The van der Waals surface area contributed by atoms with E-state index in [4.69, 9.17) is 0 Å². The molecule has 0 amide bonds. The van der Waals surface area contributed by atoms with E-state index in [-0.39, 0.29) is 5.57 Å². The largest absolute Gasteiger partial charge is 0.466 e. The summed E-state index contributed by atoms with van der Waals surface area (Å²) in [5, 5.41) is 9.87. The van der Waals surface area contributed by atoms with E-state index in [0.29, 0.717) is 5.56 Å². The monoisotopic (exact) mass is 318 g/mol. The summed E-state index contributed by atoms with van der Waals surface area (Å²) in [5.74, 6) is -0.595. The van der Waals surface area contributed by atoms with Crippen molar-refractivity contribution in [2.45, 2.75) is 6.10 Å². The summed E-state index contributed by atoms with van der Waals surface area (Å²) in [6.07, 6.45) is -1.01. The maximum absolute atomic E-state index is 11.2. The lowest BCUT2D eigenvalue weighted by atomic mass is 10.0. The lowest BCUT2D eigenvalue weighted by Crippen LogP contribution is -2.12. The maximum Gasteiger partial charge on any atom is 0.336 e. The van der Waals surface area contributed by atoms with Crippen LogP contribution in [-0.4, -0.2) is 18.2 Å². The number of hydrogen-bond donors (Lipinski definition) is 1. The number of esters is 1. The highest BCUT2D eigenvalue weighted by molar-refractivity contribution is 14.1. The van der Waals surface area contributed by atoms with E-state index in [2.05, 4.69) is 33.9 Å². The van der Waals surface area contributed by atoms with Gasteiger partial charge in [-0.1, -0.05) is 24.8 Å². The Kier molecular flexibility index (Phi) is 4.28. The van der Waals surface area contributed by atoms with Gasteiger partial charge in [0.25, 0.3) is 0 Å². The molecule has 1 aromatic rings. The molecule has 0 aliphatic heterocycles. The van der Waals surface area contributed by atoms with Crippen molar-refractivity contribution in [1.82, 2.24) is 0 Å². The minimum absolute atomic E-state index is 0.0432. The molecule has 15 heavy (non-hydrogen) atoms. The number of carbonyl (C=O) groups is 1. The van der Waals surface area contributed by atoms with E-state index in [1.807, 2.05) is 12.1 Å². The number of benzene rings is 1. The van der Waals surface area contributed by atoms with Gasteiger partial charge in [0.15, 0.2) is 0 Å².